The Hall–Kier alpha value is -1.04. The first-order chi connectivity index (χ1) is 10.5. The quantitative estimate of drug-likeness (QED) is 0.340. The van der Waals surface area contributed by atoms with E-state index in [-0.39, 0.29) is 0 Å². The fourth-order valence-electron chi connectivity index (χ4n) is 2.38. The molecule has 0 atom stereocenters. The molecule has 22 heavy (non-hydrogen) atoms. The van der Waals surface area contributed by atoms with Gasteiger partial charge >= 0.3 is 0 Å². The maximum atomic E-state index is 2.43. The number of rotatable bonds is 11. The molecular weight excluding hydrogens is 264 g/mol. The maximum Gasteiger partial charge on any atom is -0.0288 e. The van der Waals surface area contributed by atoms with E-state index in [1.165, 1.54) is 68.1 Å². The van der Waals surface area contributed by atoms with E-state index in [0.717, 1.165) is 0 Å². The minimum atomic E-state index is 1.18. The highest BCUT2D eigenvalue weighted by molar-refractivity contribution is 5.07. The minimum Gasteiger partial charge on any atom is -0.0856 e. The van der Waals surface area contributed by atoms with Gasteiger partial charge in [-0.15, -0.1) is 0 Å². The zero-order chi connectivity index (χ0) is 16.8. The van der Waals surface area contributed by atoms with Gasteiger partial charge in [0.25, 0.3) is 0 Å². The number of allylic oxidation sites excluding steroid dienone is 8. The lowest BCUT2D eigenvalue weighted by Crippen LogP contribution is -1.82. The zero-order valence-electron chi connectivity index (χ0n) is 16.0. The Morgan fingerprint density at radius 1 is 0.545 bits per heavy atom. The van der Waals surface area contributed by atoms with Crippen LogP contribution < -0.4 is 0 Å². The van der Waals surface area contributed by atoms with Crippen molar-refractivity contribution in [2.75, 3.05) is 0 Å². The Bertz CT molecular complexity index is 398. The van der Waals surface area contributed by atoms with Crippen LogP contribution in [0.3, 0.4) is 0 Å². The summed E-state index contributed by atoms with van der Waals surface area (Å²) in [5, 5.41) is 0. The van der Waals surface area contributed by atoms with Crippen LogP contribution in [-0.4, -0.2) is 0 Å². The Morgan fingerprint density at radius 3 is 1.27 bits per heavy atom. The van der Waals surface area contributed by atoms with Crippen LogP contribution in [-0.2, 0) is 0 Å². The average molecular weight is 303 g/mol. The molecule has 0 saturated heterocycles. The van der Waals surface area contributed by atoms with E-state index in [9.17, 15) is 0 Å². The summed E-state index contributed by atoms with van der Waals surface area (Å²) in [6, 6.07) is 0. The third-order valence-corrected chi connectivity index (χ3v) is 3.94. The maximum absolute atomic E-state index is 2.43. The standard InChI is InChI=1S/C22H38/c1-7-8-13-20(4)15-10-17-22(6)18-11-16-21(5)14-9-12-19(2)3/h12-13,16-17H,7-11,14-15,18H2,1-6H3. The van der Waals surface area contributed by atoms with E-state index >= 15 is 0 Å². The Labute approximate surface area is 140 Å². The van der Waals surface area contributed by atoms with Gasteiger partial charge in [-0.3, -0.25) is 0 Å². The lowest BCUT2D eigenvalue weighted by atomic mass is 10.0. The summed E-state index contributed by atoms with van der Waals surface area (Å²) in [5.74, 6) is 0. The van der Waals surface area contributed by atoms with Gasteiger partial charge in [-0.25, -0.2) is 0 Å². The molecule has 0 aliphatic carbocycles. The molecule has 0 fully saturated rings. The molecule has 0 unspecified atom stereocenters. The van der Waals surface area contributed by atoms with Crippen molar-refractivity contribution in [1.29, 1.82) is 0 Å². The molecule has 0 aliphatic heterocycles. The molecule has 0 bridgehead atoms. The summed E-state index contributed by atoms with van der Waals surface area (Å²) < 4.78 is 0. The Kier molecular flexibility index (Phi) is 13.0. The lowest BCUT2D eigenvalue weighted by Gasteiger charge is -2.02. The lowest BCUT2D eigenvalue weighted by molar-refractivity contribution is 0.888. The monoisotopic (exact) mass is 302 g/mol. The van der Waals surface area contributed by atoms with Crippen LogP contribution in [0.2, 0.25) is 0 Å². The van der Waals surface area contributed by atoms with E-state index < -0.39 is 0 Å². The molecule has 0 saturated carbocycles. The van der Waals surface area contributed by atoms with Crippen LogP contribution in [0.15, 0.2) is 46.6 Å². The van der Waals surface area contributed by atoms with Crippen LogP contribution in [0.1, 0.15) is 92.9 Å². The number of unbranched alkanes of at least 4 members (excludes halogenated alkanes) is 1. The van der Waals surface area contributed by atoms with E-state index in [2.05, 4.69) is 65.8 Å². The molecule has 0 rings (SSSR count). The minimum absolute atomic E-state index is 1.18. The molecule has 0 aromatic heterocycles. The smallest absolute Gasteiger partial charge is 0.0288 e. The molecule has 0 radical (unpaired) electrons. The van der Waals surface area contributed by atoms with Crippen molar-refractivity contribution >= 4 is 0 Å². The fraction of sp³-hybridized carbons (Fsp3) is 0.636. The second-order valence-corrected chi connectivity index (χ2v) is 6.84. The highest BCUT2D eigenvalue weighted by Gasteiger charge is 1.93. The Morgan fingerprint density at radius 2 is 0.909 bits per heavy atom. The highest BCUT2D eigenvalue weighted by atomic mass is 14.0. The van der Waals surface area contributed by atoms with Gasteiger partial charge in [0.15, 0.2) is 0 Å². The van der Waals surface area contributed by atoms with Crippen molar-refractivity contribution in [3.63, 3.8) is 0 Å². The molecular formula is C22H38. The van der Waals surface area contributed by atoms with Crippen molar-refractivity contribution in [3.05, 3.63) is 46.6 Å². The third-order valence-electron chi connectivity index (χ3n) is 3.94. The molecule has 0 N–H and O–H groups in total. The van der Waals surface area contributed by atoms with Crippen LogP contribution in [0.4, 0.5) is 0 Å². The van der Waals surface area contributed by atoms with Crippen LogP contribution in [0.25, 0.3) is 0 Å². The Balaban J connectivity index is 3.94. The second-order valence-electron chi connectivity index (χ2n) is 6.84. The van der Waals surface area contributed by atoms with Gasteiger partial charge in [0.05, 0.1) is 0 Å². The molecule has 0 nitrogen and oxygen atoms in total. The highest BCUT2D eigenvalue weighted by Crippen LogP contribution is 2.13. The predicted molar refractivity (Wildman–Crippen MR) is 103 cm³/mol. The van der Waals surface area contributed by atoms with Gasteiger partial charge in [0, 0.05) is 0 Å². The van der Waals surface area contributed by atoms with Gasteiger partial charge < -0.3 is 0 Å². The van der Waals surface area contributed by atoms with Gasteiger partial charge in [0.1, 0.15) is 0 Å². The molecule has 0 aliphatic rings. The number of hydrogen-bond donors (Lipinski definition) is 0. The molecule has 0 aromatic carbocycles. The van der Waals surface area contributed by atoms with Crippen molar-refractivity contribution in [1.82, 2.24) is 0 Å². The molecule has 0 spiro atoms. The van der Waals surface area contributed by atoms with E-state index in [4.69, 9.17) is 0 Å². The summed E-state index contributed by atoms with van der Waals surface area (Å²) in [6.07, 6.45) is 19.2. The number of hydrogen-bond acceptors (Lipinski definition) is 0. The van der Waals surface area contributed by atoms with Crippen molar-refractivity contribution < 1.29 is 0 Å². The first kappa shape index (κ1) is 21.0. The van der Waals surface area contributed by atoms with Crippen molar-refractivity contribution in [2.45, 2.75) is 92.9 Å². The first-order valence-electron chi connectivity index (χ1n) is 9.06. The van der Waals surface area contributed by atoms with Gasteiger partial charge in [-0.1, -0.05) is 59.9 Å². The summed E-state index contributed by atoms with van der Waals surface area (Å²) >= 11 is 0. The fourth-order valence-corrected chi connectivity index (χ4v) is 2.38. The zero-order valence-corrected chi connectivity index (χ0v) is 16.0. The van der Waals surface area contributed by atoms with Crippen LogP contribution in [0.5, 0.6) is 0 Å². The van der Waals surface area contributed by atoms with E-state index in [1.807, 2.05) is 0 Å². The molecule has 0 heterocycles. The third kappa shape index (κ3) is 13.9. The van der Waals surface area contributed by atoms with E-state index in [1.54, 1.807) is 5.57 Å². The van der Waals surface area contributed by atoms with Crippen LogP contribution in [0, 0.1) is 0 Å². The normalized spacial score (nSPS) is 13.5. The largest absolute Gasteiger partial charge is 0.0856 e. The summed E-state index contributed by atoms with van der Waals surface area (Å²) in [4.78, 5) is 0. The van der Waals surface area contributed by atoms with Gasteiger partial charge in [-0.2, -0.15) is 0 Å². The summed E-state index contributed by atoms with van der Waals surface area (Å²) in [6.45, 7) is 13.4. The van der Waals surface area contributed by atoms with Crippen molar-refractivity contribution in [3.8, 4) is 0 Å². The summed E-state index contributed by atoms with van der Waals surface area (Å²) in [5.41, 5.74) is 6.04. The second kappa shape index (κ2) is 13.6. The molecule has 0 aromatic rings. The summed E-state index contributed by atoms with van der Waals surface area (Å²) in [7, 11) is 0. The topological polar surface area (TPSA) is 0 Å². The molecule has 0 heteroatoms. The van der Waals surface area contributed by atoms with Gasteiger partial charge in [0.2, 0.25) is 0 Å². The molecule has 0 amide bonds. The van der Waals surface area contributed by atoms with Gasteiger partial charge in [-0.05, 0) is 79.6 Å². The SMILES string of the molecule is CCCC=C(C)CCC=C(C)CCC=C(C)CCC=C(C)C. The molecule has 126 valence electrons. The predicted octanol–water partition coefficient (Wildman–Crippen LogP) is 7.93. The average Bonchev–Trinajstić information content (AvgIpc) is 2.44. The first-order valence-corrected chi connectivity index (χ1v) is 9.06. The van der Waals surface area contributed by atoms with Crippen LogP contribution >= 0.6 is 0 Å². The van der Waals surface area contributed by atoms with Crippen molar-refractivity contribution in [2.24, 2.45) is 0 Å². The van der Waals surface area contributed by atoms with E-state index in [0.29, 0.717) is 0 Å².